The van der Waals surface area contributed by atoms with Gasteiger partial charge in [0.1, 0.15) is 0 Å². The van der Waals surface area contributed by atoms with E-state index in [0.717, 1.165) is 15.9 Å². The van der Waals surface area contributed by atoms with Gasteiger partial charge < -0.3 is 11.5 Å². The number of para-hydroxylation sites is 1. The largest absolute Gasteiger partial charge is 0.397 e. The molecule has 0 fully saturated rings. The van der Waals surface area contributed by atoms with Crippen LogP contribution in [0.2, 0.25) is 0 Å². The summed E-state index contributed by atoms with van der Waals surface area (Å²) >= 11 is 0. The second-order valence-corrected chi connectivity index (χ2v) is 3.16. The van der Waals surface area contributed by atoms with Gasteiger partial charge in [-0.3, -0.25) is 0 Å². The van der Waals surface area contributed by atoms with Crippen molar-refractivity contribution >= 4 is 26.8 Å². The maximum absolute atomic E-state index is 5.59. The van der Waals surface area contributed by atoms with Crippen LogP contribution < -0.4 is 16.7 Å². The van der Waals surface area contributed by atoms with E-state index in [-0.39, 0.29) is 0 Å². The Morgan fingerprint density at radius 3 is 2.33 bits per heavy atom. The van der Waals surface area contributed by atoms with Crippen molar-refractivity contribution in [2.24, 2.45) is 0 Å². The molecule has 0 atom stereocenters. The first-order valence-corrected chi connectivity index (χ1v) is 3.82. The van der Waals surface area contributed by atoms with Gasteiger partial charge in [0.2, 0.25) is 0 Å². The molecule has 0 aliphatic heterocycles. The van der Waals surface area contributed by atoms with Crippen molar-refractivity contribution in [3.8, 4) is 0 Å². The second-order valence-electron chi connectivity index (χ2n) is 2.08. The predicted octanol–water partition coefficient (Wildman–Crippen LogP) is -1.16. The standard InChI is InChI=1S/C6H10N2Si/c7-4-2-1-3-5(9)6(4)8/h1-3H,7-8H2,9H3. The van der Waals surface area contributed by atoms with Crippen LogP contribution in [0.25, 0.3) is 0 Å². The quantitative estimate of drug-likeness (QED) is 0.351. The van der Waals surface area contributed by atoms with Crippen LogP contribution >= 0.6 is 0 Å². The van der Waals surface area contributed by atoms with Gasteiger partial charge in [-0.1, -0.05) is 12.1 Å². The van der Waals surface area contributed by atoms with Gasteiger partial charge in [-0.2, -0.15) is 0 Å². The van der Waals surface area contributed by atoms with Gasteiger partial charge in [-0.15, -0.1) is 0 Å². The van der Waals surface area contributed by atoms with Gasteiger partial charge in [-0.05, 0) is 11.3 Å². The molecule has 1 rings (SSSR count). The van der Waals surface area contributed by atoms with Crippen molar-refractivity contribution in [3.63, 3.8) is 0 Å². The summed E-state index contributed by atoms with van der Waals surface area (Å²) in [5.41, 5.74) is 12.6. The molecule has 0 saturated carbocycles. The molecule has 9 heavy (non-hydrogen) atoms. The molecule has 0 unspecified atom stereocenters. The third kappa shape index (κ3) is 1.05. The summed E-state index contributed by atoms with van der Waals surface area (Å²) in [7, 11) is 0.970. The third-order valence-corrected chi connectivity index (χ3v) is 2.23. The maximum atomic E-state index is 5.59. The lowest BCUT2D eigenvalue weighted by atomic mass is 10.3. The lowest BCUT2D eigenvalue weighted by molar-refractivity contribution is 1.71. The van der Waals surface area contributed by atoms with Crippen LogP contribution in [0.15, 0.2) is 18.2 Å². The number of anilines is 2. The minimum atomic E-state index is 0.697. The number of benzene rings is 1. The molecule has 0 aromatic heterocycles. The Hall–Kier alpha value is -0.963. The molecule has 0 heterocycles. The van der Waals surface area contributed by atoms with E-state index >= 15 is 0 Å². The van der Waals surface area contributed by atoms with E-state index in [0.29, 0.717) is 5.69 Å². The van der Waals surface area contributed by atoms with Crippen LogP contribution in [0.5, 0.6) is 0 Å². The first-order valence-electron chi connectivity index (χ1n) is 2.82. The Bertz CT molecular complexity index is 202. The van der Waals surface area contributed by atoms with Crippen molar-refractivity contribution in [3.05, 3.63) is 18.2 Å². The highest BCUT2D eigenvalue weighted by molar-refractivity contribution is 6.36. The highest BCUT2D eigenvalue weighted by atomic mass is 28.1. The number of nitrogen functional groups attached to an aromatic ring is 2. The molecule has 0 spiro atoms. The Kier molecular flexibility index (Phi) is 1.44. The average Bonchev–Trinajstić information content (AvgIpc) is 1.83. The van der Waals surface area contributed by atoms with E-state index in [1.807, 2.05) is 18.2 Å². The number of hydrogen-bond acceptors (Lipinski definition) is 2. The molecule has 0 radical (unpaired) electrons. The fourth-order valence-corrected chi connectivity index (χ4v) is 1.18. The second kappa shape index (κ2) is 2.11. The molecule has 0 amide bonds. The minimum absolute atomic E-state index is 0.697. The van der Waals surface area contributed by atoms with E-state index in [4.69, 9.17) is 11.5 Å². The molecule has 0 aliphatic rings. The van der Waals surface area contributed by atoms with Gasteiger partial charge in [0.05, 0.1) is 11.4 Å². The molecular weight excluding hydrogens is 128 g/mol. The molecule has 4 N–H and O–H groups in total. The Labute approximate surface area is 57.3 Å². The monoisotopic (exact) mass is 138 g/mol. The zero-order valence-corrected chi connectivity index (χ0v) is 7.39. The van der Waals surface area contributed by atoms with Crippen molar-refractivity contribution < 1.29 is 0 Å². The van der Waals surface area contributed by atoms with Crippen molar-refractivity contribution in [2.75, 3.05) is 11.5 Å². The minimum Gasteiger partial charge on any atom is -0.397 e. The summed E-state index contributed by atoms with van der Waals surface area (Å²) < 4.78 is 0. The molecule has 2 nitrogen and oxygen atoms in total. The Morgan fingerprint density at radius 1 is 1.22 bits per heavy atom. The third-order valence-electron chi connectivity index (χ3n) is 1.36. The first kappa shape index (κ1) is 6.16. The average molecular weight is 138 g/mol. The van der Waals surface area contributed by atoms with Crippen molar-refractivity contribution in [2.45, 2.75) is 0 Å². The lowest BCUT2D eigenvalue weighted by Crippen LogP contribution is -2.11. The maximum Gasteiger partial charge on any atom is 0.0546 e. The van der Waals surface area contributed by atoms with Crippen LogP contribution in [-0.2, 0) is 0 Å². The fourth-order valence-electron chi connectivity index (χ4n) is 0.703. The van der Waals surface area contributed by atoms with Gasteiger partial charge in [-0.25, -0.2) is 0 Å². The number of nitrogens with two attached hydrogens (primary N) is 2. The normalized spacial score (nSPS) is 9.78. The number of rotatable bonds is 0. The summed E-state index contributed by atoms with van der Waals surface area (Å²) in [6.07, 6.45) is 0. The number of hydrogen-bond donors (Lipinski definition) is 2. The van der Waals surface area contributed by atoms with E-state index in [9.17, 15) is 0 Å². The highest BCUT2D eigenvalue weighted by Gasteiger charge is 1.93. The highest BCUT2D eigenvalue weighted by Crippen LogP contribution is 2.07. The zero-order chi connectivity index (χ0) is 6.85. The molecule has 48 valence electrons. The van der Waals surface area contributed by atoms with E-state index in [1.54, 1.807) is 0 Å². The smallest absolute Gasteiger partial charge is 0.0546 e. The Balaban J connectivity index is 3.25. The van der Waals surface area contributed by atoms with E-state index in [1.165, 1.54) is 5.19 Å². The Morgan fingerprint density at radius 2 is 1.89 bits per heavy atom. The summed E-state index contributed by atoms with van der Waals surface area (Å²) in [5, 5.41) is 1.18. The van der Waals surface area contributed by atoms with E-state index in [2.05, 4.69) is 0 Å². The van der Waals surface area contributed by atoms with Crippen molar-refractivity contribution in [1.29, 1.82) is 0 Å². The van der Waals surface area contributed by atoms with Crippen LogP contribution in [0.1, 0.15) is 0 Å². The predicted molar refractivity (Wildman–Crippen MR) is 44.8 cm³/mol. The van der Waals surface area contributed by atoms with Crippen LogP contribution in [-0.4, -0.2) is 10.2 Å². The van der Waals surface area contributed by atoms with Crippen LogP contribution in [0.4, 0.5) is 11.4 Å². The molecular formula is C6H10N2Si. The fraction of sp³-hybridized carbons (Fsp3) is 0. The lowest BCUT2D eigenvalue weighted by Gasteiger charge is -2.00. The van der Waals surface area contributed by atoms with Gasteiger partial charge >= 0.3 is 0 Å². The molecule has 3 heteroatoms. The van der Waals surface area contributed by atoms with Gasteiger partial charge in [0.25, 0.3) is 0 Å². The van der Waals surface area contributed by atoms with Crippen LogP contribution in [0.3, 0.4) is 0 Å². The summed E-state index contributed by atoms with van der Waals surface area (Å²) in [6.45, 7) is 0. The molecule has 0 saturated heterocycles. The molecule has 1 aromatic rings. The van der Waals surface area contributed by atoms with Crippen LogP contribution in [0, 0.1) is 0 Å². The zero-order valence-electron chi connectivity index (χ0n) is 5.39. The molecule has 0 aliphatic carbocycles. The van der Waals surface area contributed by atoms with Crippen molar-refractivity contribution in [1.82, 2.24) is 0 Å². The van der Waals surface area contributed by atoms with Gasteiger partial charge in [0, 0.05) is 10.2 Å². The van der Waals surface area contributed by atoms with E-state index < -0.39 is 0 Å². The summed E-state index contributed by atoms with van der Waals surface area (Å²) in [4.78, 5) is 0. The summed E-state index contributed by atoms with van der Waals surface area (Å²) in [6, 6.07) is 5.74. The topological polar surface area (TPSA) is 52.0 Å². The summed E-state index contributed by atoms with van der Waals surface area (Å²) in [5.74, 6) is 0. The molecule has 1 aromatic carbocycles. The molecule has 0 bridgehead atoms. The first-order chi connectivity index (χ1) is 4.22. The van der Waals surface area contributed by atoms with Gasteiger partial charge in [0.15, 0.2) is 0 Å². The SMILES string of the molecule is Nc1cccc([SiH3])c1N.